The van der Waals surface area contributed by atoms with Crippen molar-refractivity contribution in [3.8, 4) is 0 Å². The monoisotopic (exact) mass is 1240 g/mol. The minimum Gasteiger partial charge on any atom is -0.462 e. The minimum atomic E-state index is -4.95. The Morgan fingerprint density at radius 2 is 0.607 bits per heavy atom. The second-order valence-corrected chi connectivity index (χ2v) is 27.6. The predicted molar refractivity (Wildman–Crippen MR) is 335 cm³/mol. The third kappa shape index (κ3) is 57.8. The Bertz CT molecular complexity index is 1670. The van der Waals surface area contributed by atoms with Crippen LogP contribution in [0.1, 0.15) is 318 Å². The Labute approximate surface area is 511 Å². The molecule has 0 aromatic rings. The second-order valence-electron chi connectivity index (χ2n) is 24.7. The largest absolute Gasteiger partial charge is 0.472 e. The van der Waals surface area contributed by atoms with Gasteiger partial charge in [-0.25, -0.2) is 9.13 Å². The smallest absolute Gasteiger partial charge is 0.462 e. The molecule has 0 amide bonds. The van der Waals surface area contributed by atoms with Gasteiger partial charge in [0, 0.05) is 25.7 Å². The number of aliphatic hydroxyl groups excluding tert-OH is 1. The lowest BCUT2D eigenvalue weighted by atomic mass is 9.99. The van der Waals surface area contributed by atoms with Gasteiger partial charge in [-0.3, -0.25) is 37.3 Å². The van der Waals surface area contributed by atoms with Crippen molar-refractivity contribution in [2.45, 2.75) is 336 Å². The number of esters is 4. The molecule has 3 N–H and O–H groups in total. The molecule has 0 aromatic heterocycles. The van der Waals surface area contributed by atoms with E-state index in [1.54, 1.807) is 0 Å². The van der Waals surface area contributed by atoms with Gasteiger partial charge in [0.15, 0.2) is 12.2 Å². The fourth-order valence-electron chi connectivity index (χ4n) is 9.62. The van der Waals surface area contributed by atoms with Gasteiger partial charge in [0.05, 0.1) is 26.4 Å². The zero-order valence-electron chi connectivity index (χ0n) is 54.4. The maximum Gasteiger partial charge on any atom is 0.472 e. The Morgan fingerprint density at radius 3 is 0.905 bits per heavy atom. The van der Waals surface area contributed by atoms with Crippen molar-refractivity contribution in [3.63, 3.8) is 0 Å². The van der Waals surface area contributed by atoms with E-state index in [1.165, 1.54) is 116 Å². The Kier molecular flexibility index (Phi) is 55.0. The summed E-state index contributed by atoms with van der Waals surface area (Å²) in [6.07, 6.45) is 37.9. The molecule has 3 unspecified atom stereocenters. The van der Waals surface area contributed by atoms with Crippen LogP contribution in [0.15, 0.2) is 0 Å². The number of phosphoric acid groups is 2. The van der Waals surface area contributed by atoms with Crippen LogP contribution in [0.3, 0.4) is 0 Å². The molecule has 0 saturated heterocycles. The first-order valence-electron chi connectivity index (χ1n) is 33.9. The molecule has 0 fully saturated rings. The maximum atomic E-state index is 13.0. The molecule has 0 radical (unpaired) electrons. The number of unbranched alkanes of at least 4 members (excludes halogenated alkanes) is 30. The SMILES string of the molecule is CCCCCCCCCCC(=O)OC[C@H](COP(=O)(O)OC[C@H](O)COP(=O)(O)OC[C@@H](COC(=O)CCCCCCCCC(C)C)OC(=O)CCCCCCCCCCCCCCCCC(C)CC)OC(=O)CCCCCCCCC(C)C. The van der Waals surface area contributed by atoms with Gasteiger partial charge in [0.2, 0.25) is 0 Å². The molecule has 0 spiro atoms. The zero-order valence-corrected chi connectivity index (χ0v) is 56.1. The van der Waals surface area contributed by atoms with E-state index in [9.17, 15) is 43.2 Å². The van der Waals surface area contributed by atoms with Gasteiger partial charge in [-0.05, 0) is 43.4 Å². The number of carbonyl (C=O) groups excluding carboxylic acids is 4. The third-order valence-electron chi connectivity index (χ3n) is 15.2. The van der Waals surface area contributed by atoms with E-state index in [2.05, 4.69) is 48.5 Å². The number of carbonyl (C=O) groups is 4. The van der Waals surface area contributed by atoms with E-state index in [4.69, 9.17) is 37.0 Å². The summed E-state index contributed by atoms with van der Waals surface area (Å²) in [6, 6.07) is 0. The van der Waals surface area contributed by atoms with Crippen molar-refractivity contribution in [2.75, 3.05) is 39.6 Å². The highest BCUT2D eigenvalue weighted by Crippen LogP contribution is 2.45. The summed E-state index contributed by atoms with van der Waals surface area (Å²) in [6.45, 7) is 11.7. The standard InChI is InChI=1S/C65H126O17P2/c1-8-10-11-12-13-23-32-39-46-62(67)75-52-61(82-65(70)49-42-35-28-26-30-37-44-57(5)6)55-80-84(73,74)78-51-59(66)50-77-83(71,72)79-54-60(53-76-63(68)47-40-33-27-25-29-36-43-56(3)4)81-64(69)48-41-34-24-21-19-17-15-14-16-18-20-22-31-38-45-58(7)9-2/h56-61,66H,8-55H2,1-7H3,(H,71,72)(H,73,74)/t58?,59-,60-,61-/m1/s1. The summed E-state index contributed by atoms with van der Waals surface area (Å²) < 4.78 is 67.9. The highest BCUT2D eigenvalue weighted by molar-refractivity contribution is 7.47. The Morgan fingerprint density at radius 1 is 0.345 bits per heavy atom. The molecule has 0 bridgehead atoms. The minimum absolute atomic E-state index is 0.101. The average Bonchev–Trinajstić information content (AvgIpc) is 3.53. The fourth-order valence-corrected chi connectivity index (χ4v) is 11.2. The van der Waals surface area contributed by atoms with Crippen LogP contribution in [0.2, 0.25) is 0 Å². The number of hydrogen-bond donors (Lipinski definition) is 3. The van der Waals surface area contributed by atoms with Crippen molar-refractivity contribution in [2.24, 2.45) is 17.8 Å². The molecule has 0 aliphatic heterocycles. The van der Waals surface area contributed by atoms with E-state index in [0.717, 1.165) is 109 Å². The molecule has 0 aromatic carbocycles. The van der Waals surface area contributed by atoms with E-state index in [1.807, 2.05) is 0 Å². The Hall–Kier alpha value is -1.94. The highest BCUT2D eigenvalue weighted by Gasteiger charge is 2.30. The lowest BCUT2D eigenvalue weighted by Gasteiger charge is -2.21. The van der Waals surface area contributed by atoms with Crippen LogP contribution in [-0.4, -0.2) is 96.7 Å². The molecule has 0 saturated carbocycles. The van der Waals surface area contributed by atoms with Crippen LogP contribution in [0.5, 0.6) is 0 Å². The van der Waals surface area contributed by atoms with Gasteiger partial charge in [-0.15, -0.1) is 0 Å². The summed E-state index contributed by atoms with van der Waals surface area (Å²) in [7, 11) is -9.88. The predicted octanol–water partition coefficient (Wildman–Crippen LogP) is 17.9. The molecule has 0 aliphatic carbocycles. The quantitative estimate of drug-likeness (QED) is 0.0222. The van der Waals surface area contributed by atoms with Gasteiger partial charge in [0.1, 0.15) is 19.3 Å². The van der Waals surface area contributed by atoms with Crippen molar-refractivity contribution < 1.29 is 80.2 Å². The van der Waals surface area contributed by atoms with Gasteiger partial charge in [-0.1, -0.05) is 267 Å². The Balaban J connectivity index is 5.17. The summed E-state index contributed by atoms with van der Waals surface area (Å²) in [5.41, 5.74) is 0. The van der Waals surface area contributed by atoms with Gasteiger partial charge >= 0.3 is 39.5 Å². The summed E-state index contributed by atoms with van der Waals surface area (Å²) in [5, 5.41) is 10.5. The zero-order chi connectivity index (χ0) is 62.4. The summed E-state index contributed by atoms with van der Waals surface area (Å²) in [5.74, 6) is 0.0523. The molecule has 0 aliphatic rings. The first-order valence-corrected chi connectivity index (χ1v) is 36.9. The number of rotatable bonds is 63. The van der Waals surface area contributed by atoms with Crippen LogP contribution in [-0.2, 0) is 65.4 Å². The van der Waals surface area contributed by atoms with Crippen molar-refractivity contribution in [1.29, 1.82) is 0 Å². The number of phosphoric ester groups is 2. The second kappa shape index (κ2) is 56.3. The lowest BCUT2D eigenvalue weighted by Crippen LogP contribution is -2.30. The summed E-state index contributed by atoms with van der Waals surface area (Å²) in [4.78, 5) is 72.1. The van der Waals surface area contributed by atoms with Crippen LogP contribution < -0.4 is 0 Å². The first-order chi connectivity index (χ1) is 40.3. The first kappa shape index (κ1) is 82.1. The van der Waals surface area contributed by atoms with Crippen molar-refractivity contribution in [1.82, 2.24) is 0 Å². The van der Waals surface area contributed by atoms with E-state index in [-0.39, 0.29) is 25.7 Å². The molecule has 0 heterocycles. The van der Waals surface area contributed by atoms with Gasteiger partial charge < -0.3 is 33.8 Å². The van der Waals surface area contributed by atoms with E-state index < -0.39 is 97.5 Å². The van der Waals surface area contributed by atoms with Crippen LogP contribution in [0.25, 0.3) is 0 Å². The molecule has 498 valence electrons. The van der Waals surface area contributed by atoms with Crippen LogP contribution >= 0.6 is 15.6 Å². The topological polar surface area (TPSA) is 237 Å². The molecule has 84 heavy (non-hydrogen) atoms. The number of ether oxygens (including phenoxy) is 4. The van der Waals surface area contributed by atoms with E-state index in [0.29, 0.717) is 37.5 Å². The van der Waals surface area contributed by atoms with Crippen LogP contribution in [0, 0.1) is 17.8 Å². The molecule has 6 atom stereocenters. The van der Waals surface area contributed by atoms with Crippen molar-refractivity contribution in [3.05, 3.63) is 0 Å². The van der Waals surface area contributed by atoms with Crippen molar-refractivity contribution >= 4 is 39.5 Å². The maximum absolute atomic E-state index is 13.0. The molecule has 19 heteroatoms. The molecule has 17 nitrogen and oxygen atoms in total. The van der Waals surface area contributed by atoms with Gasteiger partial charge in [-0.2, -0.15) is 0 Å². The lowest BCUT2D eigenvalue weighted by molar-refractivity contribution is -0.161. The average molecular weight is 1240 g/mol. The molecule has 0 rings (SSSR count). The fraction of sp³-hybridized carbons (Fsp3) is 0.938. The highest BCUT2D eigenvalue weighted by atomic mass is 31.2. The molecular weight excluding hydrogens is 1110 g/mol. The van der Waals surface area contributed by atoms with E-state index >= 15 is 0 Å². The molecular formula is C65H126O17P2. The number of hydrogen-bond acceptors (Lipinski definition) is 15. The third-order valence-corrected chi connectivity index (χ3v) is 17.1. The van der Waals surface area contributed by atoms with Gasteiger partial charge in [0.25, 0.3) is 0 Å². The summed E-state index contributed by atoms with van der Waals surface area (Å²) >= 11 is 0. The number of aliphatic hydroxyl groups is 1. The van der Waals surface area contributed by atoms with Crippen LogP contribution in [0.4, 0.5) is 0 Å². The normalized spacial score (nSPS) is 14.7.